The minimum absolute atomic E-state index is 0.0711. The van der Waals surface area contributed by atoms with Crippen LogP contribution < -0.4 is 5.32 Å². The normalized spacial score (nSPS) is 13.0. The van der Waals surface area contributed by atoms with E-state index in [4.69, 9.17) is 5.11 Å². The van der Waals surface area contributed by atoms with Crippen molar-refractivity contribution in [2.45, 2.75) is 32.5 Å². The molecule has 0 aliphatic rings. The highest BCUT2D eigenvalue weighted by molar-refractivity contribution is 5.97. The van der Waals surface area contributed by atoms with Crippen molar-refractivity contribution < 1.29 is 32.3 Å². The predicted octanol–water partition coefficient (Wildman–Crippen LogP) is 3.07. The zero-order valence-electron chi connectivity index (χ0n) is 11.9. The van der Waals surface area contributed by atoms with Crippen LogP contribution in [-0.2, 0) is 11.0 Å². The molecule has 0 aromatic heterocycles. The SMILES string of the molecule is CC(C)CC(NC(=O)c1cc(C(F)(F)F)ccc1F)C(=O)O. The van der Waals surface area contributed by atoms with Crippen molar-refractivity contribution in [3.8, 4) is 0 Å². The molecule has 1 aromatic rings. The maximum atomic E-state index is 13.5. The highest BCUT2D eigenvalue weighted by Gasteiger charge is 2.32. The molecule has 1 unspecified atom stereocenters. The number of halogens is 4. The molecule has 122 valence electrons. The smallest absolute Gasteiger partial charge is 0.416 e. The van der Waals surface area contributed by atoms with Gasteiger partial charge in [0.25, 0.3) is 5.91 Å². The number of carboxylic acids is 1. The maximum Gasteiger partial charge on any atom is 0.416 e. The van der Waals surface area contributed by atoms with Gasteiger partial charge in [-0.15, -0.1) is 0 Å². The average Bonchev–Trinajstić information content (AvgIpc) is 2.36. The van der Waals surface area contributed by atoms with Crippen molar-refractivity contribution in [3.05, 3.63) is 35.1 Å². The number of carboxylic acid groups (broad SMARTS) is 1. The third kappa shape index (κ3) is 4.71. The summed E-state index contributed by atoms with van der Waals surface area (Å²) in [6.07, 6.45) is -4.66. The fourth-order valence-electron chi connectivity index (χ4n) is 1.80. The molecule has 0 radical (unpaired) electrons. The zero-order valence-corrected chi connectivity index (χ0v) is 11.9. The van der Waals surface area contributed by atoms with Crippen molar-refractivity contribution in [1.82, 2.24) is 5.32 Å². The molecule has 4 nitrogen and oxygen atoms in total. The van der Waals surface area contributed by atoms with Gasteiger partial charge in [-0.2, -0.15) is 13.2 Å². The highest BCUT2D eigenvalue weighted by atomic mass is 19.4. The summed E-state index contributed by atoms with van der Waals surface area (Å²) < 4.78 is 51.3. The lowest BCUT2D eigenvalue weighted by molar-refractivity contribution is -0.140. The van der Waals surface area contributed by atoms with Gasteiger partial charge in [0.1, 0.15) is 11.9 Å². The number of hydrogen-bond acceptors (Lipinski definition) is 2. The quantitative estimate of drug-likeness (QED) is 0.819. The molecule has 1 aromatic carbocycles. The first kappa shape index (κ1) is 17.9. The first-order chi connectivity index (χ1) is 10.0. The van der Waals surface area contributed by atoms with Gasteiger partial charge >= 0.3 is 12.1 Å². The van der Waals surface area contributed by atoms with Crippen LogP contribution in [0, 0.1) is 11.7 Å². The number of hydrogen-bond donors (Lipinski definition) is 2. The molecule has 1 amide bonds. The molecular formula is C14H15F4NO3. The Morgan fingerprint density at radius 2 is 1.86 bits per heavy atom. The predicted molar refractivity (Wildman–Crippen MR) is 69.7 cm³/mol. The van der Waals surface area contributed by atoms with Crippen LogP contribution in [0.2, 0.25) is 0 Å². The van der Waals surface area contributed by atoms with Crippen LogP contribution in [0.25, 0.3) is 0 Å². The van der Waals surface area contributed by atoms with Gasteiger partial charge in [0.2, 0.25) is 0 Å². The van der Waals surface area contributed by atoms with Crippen molar-refractivity contribution in [1.29, 1.82) is 0 Å². The van der Waals surface area contributed by atoms with E-state index >= 15 is 0 Å². The molecule has 2 N–H and O–H groups in total. The molecule has 1 atom stereocenters. The number of rotatable bonds is 5. The number of carbonyl (C=O) groups excluding carboxylic acids is 1. The number of amides is 1. The lowest BCUT2D eigenvalue weighted by atomic mass is 10.0. The van der Waals surface area contributed by atoms with Crippen LogP contribution in [0.5, 0.6) is 0 Å². The summed E-state index contributed by atoms with van der Waals surface area (Å²) in [5.74, 6) is -3.77. The summed E-state index contributed by atoms with van der Waals surface area (Å²) >= 11 is 0. The minimum Gasteiger partial charge on any atom is -0.480 e. The molecule has 0 heterocycles. The molecule has 0 aliphatic carbocycles. The molecule has 1 rings (SSSR count). The molecule has 0 spiro atoms. The Labute approximate surface area is 124 Å². The summed E-state index contributed by atoms with van der Waals surface area (Å²) in [6.45, 7) is 3.43. The number of aliphatic carboxylic acids is 1. The van der Waals surface area contributed by atoms with Gasteiger partial charge in [0.15, 0.2) is 0 Å². The van der Waals surface area contributed by atoms with E-state index in [1.165, 1.54) is 0 Å². The van der Waals surface area contributed by atoms with Crippen LogP contribution >= 0.6 is 0 Å². The van der Waals surface area contributed by atoms with Gasteiger partial charge in [-0.05, 0) is 30.5 Å². The highest BCUT2D eigenvalue weighted by Crippen LogP contribution is 2.30. The maximum absolute atomic E-state index is 13.5. The van der Waals surface area contributed by atoms with Crippen LogP contribution in [0.3, 0.4) is 0 Å². The van der Waals surface area contributed by atoms with Crippen molar-refractivity contribution >= 4 is 11.9 Å². The molecule has 8 heteroatoms. The summed E-state index contributed by atoms with van der Waals surface area (Å²) in [5, 5.41) is 11.0. The van der Waals surface area contributed by atoms with Crippen molar-refractivity contribution in [2.75, 3.05) is 0 Å². The van der Waals surface area contributed by atoms with E-state index in [1.807, 2.05) is 5.32 Å². The molecule has 0 saturated heterocycles. The van der Waals surface area contributed by atoms with Crippen molar-refractivity contribution in [2.24, 2.45) is 5.92 Å². The van der Waals surface area contributed by atoms with Gasteiger partial charge in [0.05, 0.1) is 11.1 Å². The first-order valence-electron chi connectivity index (χ1n) is 6.42. The van der Waals surface area contributed by atoms with E-state index < -0.39 is 41.0 Å². The standard InChI is InChI=1S/C14H15F4NO3/c1-7(2)5-11(13(21)22)19-12(20)9-6-8(14(16,17)18)3-4-10(9)15/h3-4,6-7,11H,5H2,1-2H3,(H,19,20)(H,21,22). The van der Waals surface area contributed by atoms with E-state index in [-0.39, 0.29) is 12.3 Å². The van der Waals surface area contributed by atoms with E-state index in [9.17, 15) is 27.2 Å². The lowest BCUT2D eigenvalue weighted by Crippen LogP contribution is -2.42. The Hall–Kier alpha value is -2.12. The first-order valence-corrected chi connectivity index (χ1v) is 6.42. The van der Waals surface area contributed by atoms with E-state index in [2.05, 4.69) is 0 Å². The van der Waals surface area contributed by atoms with Gasteiger partial charge < -0.3 is 10.4 Å². The lowest BCUT2D eigenvalue weighted by Gasteiger charge is -2.17. The number of benzene rings is 1. The number of nitrogens with one attached hydrogen (secondary N) is 1. The fraction of sp³-hybridized carbons (Fsp3) is 0.429. The molecule has 0 aliphatic heterocycles. The van der Waals surface area contributed by atoms with Crippen molar-refractivity contribution in [3.63, 3.8) is 0 Å². The van der Waals surface area contributed by atoms with Gasteiger partial charge in [-0.1, -0.05) is 13.8 Å². The molecular weight excluding hydrogens is 306 g/mol. The molecule has 22 heavy (non-hydrogen) atoms. The molecule has 0 saturated carbocycles. The van der Waals surface area contributed by atoms with Gasteiger partial charge in [0, 0.05) is 0 Å². The van der Waals surface area contributed by atoms with E-state index in [1.54, 1.807) is 13.8 Å². The summed E-state index contributed by atoms with van der Waals surface area (Å²) in [7, 11) is 0. The molecule has 0 fully saturated rings. The Balaban J connectivity index is 3.04. The van der Waals surface area contributed by atoms with Crippen LogP contribution in [0.4, 0.5) is 17.6 Å². The third-order valence-electron chi connectivity index (χ3n) is 2.85. The summed E-state index contributed by atoms with van der Waals surface area (Å²) in [6, 6.07) is 0.0885. The largest absolute Gasteiger partial charge is 0.480 e. The fourth-order valence-corrected chi connectivity index (χ4v) is 1.80. The molecule has 0 bridgehead atoms. The van der Waals surface area contributed by atoms with Crippen LogP contribution in [0.15, 0.2) is 18.2 Å². The monoisotopic (exact) mass is 321 g/mol. The topological polar surface area (TPSA) is 66.4 Å². The second-order valence-electron chi connectivity index (χ2n) is 5.19. The Bertz CT molecular complexity index is 570. The summed E-state index contributed by atoms with van der Waals surface area (Å²) in [5.41, 5.74) is -2.03. The number of carbonyl (C=O) groups is 2. The zero-order chi connectivity index (χ0) is 17.1. The van der Waals surface area contributed by atoms with Gasteiger partial charge in [-0.3, -0.25) is 4.79 Å². The minimum atomic E-state index is -4.73. The Morgan fingerprint density at radius 3 is 2.32 bits per heavy atom. The van der Waals surface area contributed by atoms with Crippen LogP contribution in [0.1, 0.15) is 36.2 Å². The van der Waals surface area contributed by atoms with E-state index in [0.29, 0.717) is 18.2 Å². The second kappa shape index (κ2) is 6.76. The summed E-state index contributed by atoms with van der Waals surface area (Å²) in [4.78, 5) is 22.9. The third-order valence-corrected chi connectivity index (χ3v) is 2.85. The second-order valence-corrected chi connectivity index (χ2v) is 5.19. The van der Waals surface area contributed by atoms with Crippen LogP contribution in [-0.4, -0.2) is 23.0 Å². The van der Waals surface area contributed by atoms with E-state index in [0.717, 1.165) is 0 Å². The Kier molecular flexibility index (Phi) is 5.51. The average molecular weight is 321 g/mol. The van der Waals surface area contributed by atoms with Gasteiger partial charge in [-0.25, -0.2) is 9.18 Å². The Morgan fingerprint density at radius 1 is 1.27 bits per heavy atom. The number of alkyl halides is 3.